The summed E-state index contributed by atoms with van der Waals surface area (Å²) in [6.45, 7) is 0. The molecule has 17 heavy (non-hydrogen) atoms. The van der Waals surface area contributed by atoms with Crippen molar-refractivity contribution in [2.24, 2.45) is 0 Å². The Kier molecular flexibility index (Phi) is 3.62. The van der Waals surface area contributed by atoms with Crippen LogP contribution in [0.1, 0.15) is 17.2 Å². The third kappa shape index (κ3) is 2.57. The van der Waals surface area contributed by atoms with Crippen LogP contribution in [-0.4, -0.2) is 10.1 Å². The minimum absolute atomic E-state index is 0.0384. The highest BCUT2D eigenvalue weighted by molar-refractivity contribution is 6.31. The zero-order chi connectivity index (χ0) is 12.4. The minimum atomic E-state index is -1.16. The fourth-order valence-electron chi connectivity index (χ4n) is 1.53. The summed E-state index contributed by atoms with van der Waals surface area (Å²) in [6, 6.07) is 7.26. The van der Waals surface area contributed by atoms with Crippen LogP contribution in [0.25, 0.3) is 0 Å². The number of halogens is 3. The number of aliphatic hydroxyl groups is 1. The predicted molar refractivity (Wildman–Crippen MR) is 64.7 cm³/mol. The molecule has 2 nitrogen and oxygen atoms in total. The van der Waals surface area contributed by atoms with Crippen molar-refractivity contribution in [2.45, 2.75) is 6.10 Å². The van der Waals surface area contributed by atoms with Crippen LogP contribution in [-0.2, 0) is 0 Å². The molecule has 1 heterocycles. The van der Waals surface area contributed by atoms with Crippen LogP contribution in [0.2, 0.25) is 10.2 Å². The highest BCUT2D eigenvalue weighted by atomic mass is 35.5. The molecule has 88 valence electrons. The lowest BCUT2D eigenvalue weighted by Crippen LogP contribution is -2.03. The van der Waals surface area contributed by atoms with E-state index in [0.717, 1.165) is 0 Å². The van der Waals surface area contributed by atoms with E-state index in [4.69, 9.17) is 23.2 Å². The molecular weight excluding hydrogens is 264 g/mol. The van der Waals surface area contributed by atoms with E-state index in [2.05, 4.69) is 4.98 Å². The first-order valence-electron chi connectivity index (χ1n) is 4.83. The lowest BCUT2D eigenvalue weighted by atomic mass is 10.0. The molecule has 0 spiro atoms. The van der Waals surface area contributed by atoms with Gasteiger partial charge in [-0.25, -0.2) is 9.37 Å². The molecule has 1 atom stereocenters. The van der Waals surface area contributed by atoms with E-state index in [1.807, 2.05) is 0 Å². The second kappa shape index (κ2) is 5.00. The number of aromatic nitrogens is 1. The Labute approximate surface area is 108 Å². The van der Waals surface area contributed by atoms with E-state index < -0.39 is 11.9 Å². The van der Waals surface area contributed by atoms with Crippen molar-refractivity contribution in [3.63, 3.8) is 0 Å². The van der Waals surface area contributed by atoms with Crippen molar-refractivity contribution in [1.29, 1.82) is 0 Å². The van der Waals surface area contributed by atoms with Crippen LogP contribution in [0.3, 0.4) is 0 Å². The molecule has 1 aromatic heterocycles. The summed E-state index contributed by atoms with van der Waals surface area (Å²) in [6.07, 6.45) is 0.277. The number of hydrogen-bond acceptors (Lipinski definition) is 2. The van der Waals surface area contributed by atoms with E-state index in [-0.39, 0.29) is 15.7 Å². The molecule has 0 aliphatic carbocycles. The summed E-state index contributed by atoms with van der Waals surface area (Å²) in [5.74, 6) is -0.557. The Morgan fingerprint density at radius 3 is 2.65 bits per heavy atom. The second-order valence-electron chi connectivity index (χ2n) is 3.45. The van der Waals surface area contributed by atoms with E-state index in [9.17, 15) is 9.50 Å². The maximum Gasteiger partial charge on any atom is 0.130 e. The van der Waals surface area contributed by atoms with Gasteiger partial charge in [0, 0.05) is 16.8 Å². The first-order valence-corrected chi connectivity index (χ1v) is 5.58. The van der Waals surface area contributed by atoms with E-state index in [1.54, 1.807) is 6.07 Å². The SMILES string of the molecule is OC(c1ccnc(Cl)c1)c1c(F)cccc1Cl. The molecule has 1 N–H and O–H groups in total. The summed E-state index contributed by atoms with van der Waals surface area (Å²) < 4.78 is 13.6. The minimum Gasteiger partial charge on any atom is -0.383 e. The summed E-state index contributed by atoms with van der Waals surface area (Å²) in [5, 5.41) is 10.5. The van der Waals surface area contributed by atoms with Crippen molar-refractivity contribution in [3.8, 4) is 0 Å². The molecule has 1 unspecified atom stereocenters. The van der Waals surface area contributed by atoms with Gasteiger partial charge >= 0.3 is 0 Å². The van der Waals surface area contributed by atoms with Crippen LogP contribution >= 0.6 is 23.2 Å². The van der Waals surface area contributed by atoms with Gasteiger partial charge in [-0.05, 0) is 29.8 Å². The van der Waals surface area contributed by atoms with Crippen LogP contribution in [0.5, 0.6) is 0 Å². The molecule has 1 aromatic carbocycles. The maximum absolute atomic E-state index is 13.6. The lowest BCUT2D eigenvalue weighted by molar-refractivity contribution is 0.215. The molecule has 0 saturated heterocycles. The van der Waals surface area contributed by atoms with Gasteiger partial charge in [0.15, 0.2) is 0 Å². The summed E-state index contributed by atoms with van der Waals surface area (Å²) >= 11 is 11.6. The van der Waals surface area contributed by atoms with Crippen molar-refractivity contribution in [1.82, 2.24) is 4.98 Å². The van der Waals surface area contributed by atoms with Crippen molar-refractivity contribution < 1.29 is 9.50 Å². The number of aliphatic hydroxyl groups excluding tert-OH is 1. The van der Waals surface area contributed by atoms with Crippen LogP contribution in [0.15, 0.2) is 36.5 Å². The van der Waals surface area contributed by atoms with Gasteiger partial charge < -0.3 is 5.11 Å². The Bertz CT molecular complexity index is 528. The molecule has 0 bridgehead atoms. The molecule has 0 fully saturated rings. The Morgan fingerprint density at radius 2 is 2.00 bits per heavy atom. The van der Waals surface area contributed by atoms with Gasteiger partial charge in [-0.15, -0.1) is 0 Å². The normalized spacial score (nSPS) is 12.5. The smallest absolute Gasteiger partial charge is 0.130 e. The van der Waals surface area contributed by atoms with Crippen LogP contribution in [0, 0.1) is 5.82 Å². The number of rotatable bonds is 2. The predicted octanol–water partition coefficient (Wildman–Crippen LogP) is 3.61. The molecule has 0 aliphatic rings. The highest BCUT2D eigenvalue weighted by Gasteiger charge is 2.18. The maximum atomic E-state index is 13.6. The Hall–Kier alpha value is -1.16. The number of nitrogens with zero attached hydrogens (tertiary/aromatic N) is 1. The standard InChI is InChI=1S/C12H8Cl2FNO/c13-8-2-1-3-9(15)11(8)12(17)7-4-5-16-10(14)6-7/h1-6,12,17H. The van der Waals surface area contributed by atoms with Gasteiger partial charge in [0.05, 0.1) is 0 Å². The average molecular weight is 272 g/mol. The molecular formula is C12H8Cl2FNO. The molecule has 0 radical (unpaired) electrons. The quantitative estimate of drug-likeness (QED) is 0.847. The van der Waals surface area contributed by atoms with E-state index in [0.29, 0.717) is 5.56 Å². The highest BCUT2D eigenvalue weighted by Crippen LogP contribution is 2.30. The fraction of sp³-hybridized carbons (Fsp3) is 0.0833. The van der Waals surface area contributed by atoms with Gasteiger partial charge in [0.1, 0.15) is 17.1 Å². The van der Waals surface area contributed by atoms with Crippen LogP contribution in [0.4, 0.5) is 4.39 Å². The first-order chi connectivity index (χ1) is 8.09. The van der Waals surface area contributed by atoms with Gasteiger partial charge in [-0.2, -0.15) is 0 Å². The van der Waals surface area contributed by atoms with Gasteiger partial charge in [-0.1, -0.05) is 29.3 Å². The lowest BCUT2D eigenvalue weighted by Gasteiger charge is -2.13. The zero-order valence-electron chi connectivity index (χ0n) is 8.57. The zero-order valence-corrected chi connectivity index (χ0v) is 10.1. The molecule has 5 heteroatoms. The summed E-state index contributed by atoms with van der Waals surface area (Å²) in [5.41, 5.74) is 0.480. The van der Waals surface area contributed by atoms with Crippen molar-refractivity contribution in [3.05, 3.63) is 63.6 Å². The average Bonchev–Trinajstić information content (AvgIpc) is 2.28. The third-order valence-electron chi connectivity index (χ3n) is 2.34. The largest absolute Gasteiger partial charge is 0.383 e. The van der Waals surface area contributed by atoms with Gasteiger partial charge in [-0.3, -0.25) is 0 Å². The monoisotopic (exact) mass is 271 g/mol. The molecule has 2 aromatic rings. The summed E-state index contributed by atoms with van der Waals surface area (Å²) in [7, 11) is 0. The van der Waals surface area contributed by atoms with E-state index in [1.165, 1.54) is 30.5 Å². The second-order valence-corrected chi connectivity index (χ2v) is 4.24. The molecule has 0 aliphatic heterocycles. The summed E-state index contributed by atoms with van der Waals surface area (Å²) in [4.78, 5) is 3.79. The number of benzene rings is 1. The molecule has 0 amide bonds. The Balaban J connectivity index is 2.47. The first kappa shape index (κ1) is 12.3. The molecule has 0 saturated carbocycles. The number of pyridine rings is 1. The number of hydrogen-bond donors (Lipinski definition) is 1. The van der Waals surface area contributed by atoms with E-state index >= 15 is 0 Å². The van der Waals surface area contributed by atoms with Crippen molar-refractivity contribution in [2.75, 3.05) is 0 Å². The van der Waals surface area contributed by atoms with Crippen molar-refractivity contribution >= 4 is 23.2 Å². The van der Waals surface area contributed by atoms with Gasteiger partial charge in [0.2, 0.25) is 0 Å². The van der Waals surface area contributed by atoms with Crippen LogP contribution < -0.4 is 0 Å². The third-order valence-corrected chi connectivity index (χ3v) is 2.88. The fourth-order valence-corrected chi connectivity index (χ4v) is 1.97. The Morgan fingerprint density at radius 1 is 1.24 bits per heavy atom. The van der Waals surface area contributed by atoms with Gasteiger partial charge in [0.25, 0.3) is 0 Å². The topological polar surface area (TPSA) is 33.1 Å². The molecule has 2 rings (SSSR count).